The molecule has 24 heavy (non-hydrogen) atoms. The summed E-state index contributed by atoms with van der Waals surface area (Å²) in [6.07, 6.45) is 0.916. The number of halogens is 2. The highest BCUT2D eigenvalue weighted by Crippen LogP contribution is 2.17. The standard InChI is InChI=1S/C16H26BrN3O3.HI/c1-18-16(19-7-4-9-22-12-11-21-2)20-8-10-23-15-6-3-5-14(17)13-15;/h3,5-6,13H,4,7-12H2,1-2H3,(H2,18,19,20);1H. The van der Waals surface area contributed by atoms with Crippen LogP contribution in [0.1, 0.15) is 6.42 Å². The topological polar surface area (TPSA) is 64.1 Å². The van der Waals surface area contributed by atoms with Crippen molar-refractivity contribution in [3.63, 3.8) is 0 Å². The lowest BCUT2D eigenvalue weighted by Crippen LogP contribution is -2.39. The van der Waals surface area contributed by atoms with Crippen molar-refractivity contribution in [2.24, 2.45) is 4.99 Å². The molecule has 0 unspecified atom stereocenters. The second-order valence-electron chi connectivity index (χ2n) is 4.69. The summed E-state index contributed by atoms with van der Waals surface area (Å²) in [6.45, 7) is 4.03. The first-order chi connectivity index (χ1) is 11.3. The zero-order chi connectivity index (χ0) is 16.8. The van der Waals surface area contributed by atoms with Gasteiger partial charge in [-0.1, -0.05) is 22.0 Å². The van der Waals surface area contributed by atoms with E-state index in [0.29, 0.717) is 33.0 Å². The second-order valence-corrected chi connectivity index (χ2v) is 5.61. The molecule has 1 rings (SSSR count). The molecule has 138 valence electrons. The molecule has 1 aromatic rings. The number of nitrogens with zero attached hydrogens (tertiary/aromatic N) is 1. The number of rotatable bonds is 11. The Morgan fingerprint density at radius 1 is 1.12 bits per heavy atom. The second kappa shape index (κ2) is 15.9. The number of methoxy groups -OCH3 is 1. The lowest BCUT2D eigenvalue weighted by molar-refractivity contribution is 0.0698. The minimum absolute atomic E-state index is 0. The number of benzene rings is 1. The summed E-state index contributed by atoms with van der Waals surface area (Å²) in [4.78, 5) is 4.16. The summed E-state index contributed by atoms with van der Waals surface area (Å²) in [6, 6.07) is 7.79. The van der Waals surface area contributed by atoms with Crippen molar-refractivity contribution >= 4 is 45.9 Å². The van der Waals surface area contributed by atoms with E-state index in [-0.39, 0.29) is 24.0 Å². The molecule has 0 aliphatic rings. The zero-order valence-corrected chi connectivity index (χ0v) is 18.1. The first-order valence-electron chi connectivity index (χ1n) is 7.66. The van der Waals surface area contributed by atoms with Crippen molar-refractivity contribution in [1.29, 1.82) is 0 Å². The van der Waals surface area contributed by atoms with Gasteiger partial charge in [0.1, 0.15) is 12.4 Å². The highest BCUT2D eigenvalue weighted by molar-refractivity contribution is 14.0. The molecule has 8 heteroatoms. The Labute approximate surface area is 169 Å². The fourth-order valence-corrected chi connectivity index (χ4v) is 2.12. The molecule has 0 saturated heterocycles. The summed E-state index contributed by atoms with van der Waals surface area (Å²) in [7, 11) is 3.42. The van der Waals surface area contributed by atoms with Crippen LogP contribution in [0.5, 0.6) is 5.75 Å². The molecule has 0 saturated carbocycles. The Morgan fingerprint density at radius 3 is 2.62 bits per heavy atom. The fourth-order valence-electron chi connectivity index (χ4n) is 1.74. The van der Waals surface area contributed by atoms with Crippen molar-refractivity contribution in [2.75, 3.05) is 53.7 Å². The van der Waals surface area contributed by atoms with Gasteiger partial charge < -0.3 is 24.8 Å². The molecule has 0 aliphatic heterocycles. The maximum Gasteiger partial charge on any atom is 0.191 e. The summed E-state index contributed by atoms with van der Waals surface area (Å²) < 4.78 is 17.0. The Hall–Kier alpha value is -0.580. The molecular formula is C16H27BrIN3O3. The molecule has 0 spiro atoms. The lowest BCUT2D eigenvalue weighted by Gasteiger charge is -2.12. The van der Waals surface area contributed by atoms with E-state index in [2.05, 4.69) is 31.6 Å². The molecule has 0 aliphatic carbocycles. The van der Waals surface area contributed by atoms with Gasteiger partial charge in [-0.3, -0.25) is 4.99 Å². The van der Waals surface area contributed by atoms with Crippen LogP contribution in [0.4, 0.5) is 0 Å². The van der Waals surface area contributed by atoms with Gasteiger partial charge in [-0.05, 0) is 24.6 Å². The Kier molecular flexibility index (Phi) is 15.5. The number of guanidine groups is 1. The van der Waals surface area contributed by atoms with Crippen LogP contribution >= 0.6 is 39.9 Å². The number of aliphatic imine (C=N–C) groups is 1. The van der Waals surface area contributed by atoms with Crippen LogP contribution < -0.4 is 15.4 Å². The van der Waals surface area contributed by atoms with Crippen molar-refractivity contribution in [3.8, 4) is 5.75 Å². The van der Waals surface area contributed by atoms with Gasteiger partial charge in [0.05, 0.1) is 19.8 Å². The highest BCUT2D eigenvalue weighted by atomic mass is 127. The number of ether oxygens (including phenoxy) is 3. The van der Waals surface area contributed by atoms with E-state index in [9.17, 15) is 0 Å². The zero-order valence-electron chi connectivity index (χ0n) is 14.2. The third-order valence-electron chi connectivity index (χ3n) is 2.87. The molecule has 0 radical (unpaired) electrons. The van der Waals surface area contributed by atoms with Crippen molar-refractivity contribution in [1.82, 2.24) is 10.6 Å². The molecule has 0 atom stereocenters. The van der Waals surface area contributed by atoms with Gasteiger partial charge in [0, 0.05) is 31.8 Å². The van der Waals surface area contributed by atoms with Crippen LogP contribution in [0, 0.1) is 0 Å². The van der Waals surface area contributed by atoms with E-state index in [1.807, 2.05) is 24.3 Å². The average molecular weight is 516 g/mol. The van der Waals surface area contributed by atoms with E-state index in [1.54, 1.807) is 14.2 Å². The van der Waals surface area contributed by atoms with E-state index in [0.717, 1.165) is 29.1 Å². The van der Waals surface area contributed by atoms with Gasteiger partial charge in [-0.2, -0.15) is 0 Å². The summed E-state index contributed by atoms with van der Waals surface area (Å²) in [5.74, 6) is 1.61. The molecule has 0 amide bonds. The Bertz CT molecular complexity index is 464. The normalized spacial score (nSPS) is 10.9. The van der Waals surface area contributed by atoms with Gasteiger partial charge in [0.15, 0.2) is 5.96 Å². The molecule has 1 aromatic carbocycles. The molecule has 2 N–H and O–H groups in total. The van der Waals surface area contributed by atoms with Crippen LogP contribution in [0.25, 0.3) is 0 Å². The summed E-state index contributed by atoms with van der Waals surface area (Å²) in [5, 5.41) is 6.44. The van der Waals surface area contributed by atoms with E-state index in [1.165, 1.54) is 0 Å². The maximum atomic E-state index is 5.66. The fraction of sp³-hybridized carbons (Fsp3) is 0.562. The van der Waals surface area contributed by atoms with Crippen LogP contribution in [0.2, 0.25) is 0 Å². The van der Waals surface area contributed by atoms with E-state index < -0.39 is 0 Å². The predicted molar refractivity (Wildman–Crippen MR) is 112 cm³/mol. The van der Waals surface area contributed by atoms with E-state index >= 15 is 0 Å². The third kappa shape index (κ3) is 11.9. The van der Waals surface area contributed by atoms with Crippen molar-refractivity contribution in [2.45, 2.75) is 6.42 Å². The molecule has 0 heterocycles. The van der Waals surface area contributed by atoms with Crippen molar-refractivity contribution < 1.29 is 14.2 Å². The predicted octanol–water partition coefficient (Wildman–Crippen LogP) is 2.66. The van der Waals surface area contributed by atoms with Gasteiger partial charge in [0.25, 0.3) is 0 Å². The minimum Gasteiger partial charge on any atom is -0.492 e. The highest BCUT2D eigenvalue weighted by Gasteiger charge is 1.98. The average Bonchev–Trinajstić information content (AvgIpc) is 2.56. The first kappa shape index (κ1) is 23.4. The van der Waals surface area contributed by atoms with Gasteiger partial charge >= 0.3 is 0 Å². The lowest BCUT2D eigenvalue weighted by atomic mass is 10.3. The van der Waals surface area contributed by atoms with E-state index in [4.69, 9.17) is 14.2 Å². The first-order valence-corrected chi connectivity index (χ1v) is 8.45. The van der Waals surface area contributed by atoms with Crippen molar-refractivity contribution in [3.05, 3.63) is 28.7 Å². The molecular weight excluding hydrogens is 489 g/mol. The summed E-state index contributed by atoms with van der Waals surface area (Å²) >= 11 is 3.42. The van der Waals surface area contributed by atoms with Crippen LogP contribution in [0.3, 0.4) is 0 Å². The van der Waals surface area contributed by atoms with Gasteiger partial charge in [-0.25, -0.2) is 0 Å². The molecule has 0 aromatic heterocycles. The Balaban J connectivity index is 0.00000529. The smallest absolute Gasteiger partial charge is 0.191 e. The third-order valence-corrected chi connectivity index (χ3v) is 3.37. The van der Waals surface area contributed by atoms with Gasteiger partial charge in [-0.15, -0.1) is 24.0 Å². The van der Waals surface area contributed by atoms with Crippen LogP contribution in [0.15, 0.2) is 33.7 Å². The van der Waals surface area contributed by atoms with Crippen LogP contribution in [-0.2, 0) is 9.47 Å². The number of hydrogen-bond donors (Lipinski definition) is 2. The summed E-state index contributed by atoms with van der Waals surface area (Å²) in [5.41, 5.74) is 0. The minimum atomic E-state index is 0. The Morgan fingerprint density at radius 2 is 1.92 bits per heavy atom. The number of hydrogen-bond acceptors (Lipinski definition) is 4. The SMILES string of the molecule is CN=C(NCCCOCCOC)NCCOc1cccc(Br)c1.I. The molecule has 0 bridgehead atoms. The molecule has 6 nitrogen and oxygen atoms in total. The maximum absolute atomic E-state index is 5.66. The number of nitrogens with one attached hydrogen (secondary N) is 2. The van der Waals surface area contributed by atoms with Crippen LogP contribution in [-0.4, -0.2) is 59.6 Å². The monoisotopic (exact) mass is 515 g/mol. The van der Waals surface area contributed by atoms with Gasteiger partial charge in [0.2, 0.25) is 0 Å². The quantitative estimate of drug-likeness (QED) is 0.205. The largest absolute Gasteiger partial charge is 0.492 e. The molecule has 0 fully saturated rings.